The van der Waals surface area contributed by atoms with Crippen molar-refractivity contribution in [3.8, 4) is 17.7 Å². The Balaban J connectivity index is 1.29. The van der Waals surface area contributed by atoms with Crippen molar-refractivity contribution in [1.82, 2.24) is 25.1 Å². The Bertz CT molecular complexity index is 997. The lowest BCUT2D eigenvalue weighted by Gasteiger charge is -2.34. The van der Waals surface area contributed by atoms with Crippen LogP contribution in [0.1, 0.15) is 11.6 Å². The molecule has 3 aromatic rings. The molecule has 4 heterocycles. The number of nitrogens with one attached hydrogen (secondary N) is 1. The molecule has 0 saturated carbocycles. The predicted molar refractivity (Wildman–Crippen MR) is 99.6 cm³/mol. The number of aryl methyl sites for hydroxylation is 1. The van der Waals surface area contributed by atoms with Crippen molar-refractivity contribution in [2.24, 2.45) is 0 Å². The fourth-order valence-corrected chi connectivity index (χ4v) is 3.58. The molecule has 1 saturated heterocycles. The molecule has 3 aromatic heterocycles. The molecule has 1 N–H and O–H groups in total. The molecule has 1 aliphatic heterocycles. The molecule has 1 amide bonds. The molecular weight excluding hydrogens is 382 g/mol. The number of carbonyl (C=O) groups excluding carboxylic acids is 1. The molecule has 0 aliphatic carbocycles. The Kier molecular flexibility index (Phi) is 5.03. The molecule has 0 unspecified atom stereocenters. The van der Waals surface area contributed by atoms with E-state index in [1.165, 1.54) is 11.8 Å². The van der Waals surface area contributed by atoms with Crippen LogP contribution < -0.4 is 4.90 Å². The normalized spacial score (nSPS) is 14.3. The molecule has 0 atom stereocenters. The number of aromatic nitrogens is 4. The van der Waals surface area contributed by atoms with Crippen LogP contribution in [0.2, 0.25) is 0 Å². The summed E-state index contributed by atoms with van der Waals surface area (Å²) in [4.78, 5) is 23.3. The molecule has 28 heavy (non-hydrogen) atoms. The second-order valence-electron chi connectivity index (χ2n) is 6.11. The second-order valence-corrected chi connectivity index (χ2v) is 7.04. The van der Waals surface area contributed by atoms with Gasteiger partial charge < -0.3 is 23.6 Å². The van der Waals surface area contributed by atoms with Gasteiger partial charge in [-0.3, -0.25) is 4.79 Å². The first-order valence-electron chi connectivity index (χ1n) is 8.64. The second kappa shape index (κ2) is 7.77. The zero-order valence-electron chi connectivity index (χ0n) is 15.1. The number of piperazine rings is 1. The van der Waals surface area contributed by atoms with E-state index in [0.717, 1.165) is 5.69 Å². The number of carbonyl (C=O) groups is 1. The third kappa shape index (κ3) is 3.72. The fraction of sp³-hybridized carbons (Fsp3) is 0.353. The van der Waals surface area contributed by atoms with Crippen molar-refractivity contribution in [2.45, 2.75) is 12.1 Å². The SMILES string of the molecule is Cc1nc(C#N)c(N2CCN(C(=O)CSc3nnc(-c4ccc[nH]4)o3)CC2)o1. The van der Waals surface area contributed by atoms with Gasteiger partial charge in [-0.2, -0.15) is 5.26 Å². The minimum Gasteiger partial charge on any atom is -0.424 e. The van der Waals surface area contributed by atoms with E-state index in [2.05, 4.69) is 20.2 Å². The van der Waals surface area contributed by atoms with E-state index in [4.69, 9.17) is 14.1 Å². The maximum Gasteiger partial charge on any atom is 0.277 e. The van der Waals surface area contributed by atoms with Gasteiger partial charge in [-0.25, -0.2) is 4.98 Å². The molecule has 0 radical (unpaired) electrons. The number of aromatic amines is 1. The zero-order chi connectivity index (χ0) is 19.5. The maximum atomic E-state index is 12.5. The summed E-state index contributed by atoms with van der Waals surface area (Å²) in [7, 11) is 0. The number of hydrogen-bond acceptors (Lipinski definition) is 9. The third-order valence-corrected chi connectivity index (χ3v) is 5.10. The van der Waals surface area contributed by atoms with Crippen LogP contribution in [-0.4, -0.2) is 62.9 Å². The van der Waals surface area contributed by atoms with Gasteiger partial charge in [-0.15, -0.1) is 10.2 Å². The predicted octanol–water partition coefficient (Wildman–Crippen LogP) is 1.67. The van der Waals surface area contributed by atoms with E-state index >= 15 is 0 Å². The van der Waals surface area contributed by atoms with E-state index in [9.17, 15) is 4.79 Å². The van der Waals surface area contributed by atoms with E-state index in [0.29, 0.717) is 49.1 Å². The molecule has 11 heteroatoms. The molecule has 1 aliphatic rings. The van der Waals surface area contributed by atoms with Crippen LogP contribution >= 0.6 is 11.8 Å². The van der Waals surface area contributed by atoms with Crippen molar-refractivity contribution in [3.05, 3.63) is 29.9 Å². The molecular formula is C17H17N7O3S. The smallest absolute Gasteiger partial charge is 0.277 e. The largest absolute Gasteiger partial charge is 0.424 e. The first-order valence-corrected chi connectivity index (χ1v) is 9.63. The Labute approximate surface area is 164 Å². The van der Waals surface area contributed by atoms with Crippen LogP contribution in [0.15, 0.2) is 32.4 Å². The number of nitrogens with zero attached hydrogens (tertiary/aromatic N) is 6. The van der Waals surface area contributed by atoms with E-state index in [-0.39, 0.29) is 17.4 Å². The highest BCUT2D eigenvalue weighted by Gasteiger charge is 2.26. The van der Waals surface area contributed by atoms with Gasteiger partial charge in [-0.05, 0) is 12.1 Å². The summed E-state index contributed by atoms with van der Waals surface area (Å²) in [5, 5.41) is 17.4. The molecule has 4 rings (SSSR count). The lowest BCUT2D eigenvalue weighted by atomic mass is 10.3. The van der Waals surface area contributed by atoms with Crippen molar-refractivity contribution in [3.63, 3.8) is 0 Å². The van der Waals surface area contributed by atoms with Gasteiger partial charge >= 0.3 is 0 Å². The molecule has 0 spiro atoms. The van der Waals surface area contributed by atoms with Crippen molar-refractivity contribution in [1.29, 1.82) is 5.26 Å². The third-order valence-electron chi connectivity index (χ3n) is 4.30. The highest BCUT2D eigenvalue weighted by atomic mass is 32.2. The summed E-state index contributed by atoms with van der Waals surface area (Å²) in [5.74, 6) is 1.55. The minimum atomic E-state index is -0.00136. The van der Waals surface area contributed by atoms with Crippen LogP contribution in [0, 0.1) is 18.3 Å². The monoisotopic (exact) mass is 399 g/mol. The van der Waals surface area contributed by atoms with Gasteiger partial charge in [0.2, 0.25) is 17.5 Å². The Morgan fingerprint density at radius 2 is 2.14 bits per heavy atom. The standard InChI is InChI=1S/C17H17N7O3S/c1-11-20-13(9-18)16(26-11)24-7-5-23(6-8-24)14(25)10-28-17-22-21-15(27-17)12-3-2-4-19-12/h2-4,19H,5-8,10H2,1H3. The number of nitriles is 1. The van der Waals surface area contributed by atoms with Gasteiger partial charge in [0.25, 0.3) is 11.1 Å². The molecule has 10 nitrogen and oxygen atoms in total. The number of oxazole rings is 1. The summed E-state index contributed by atoms with van der Waals surface area (Å²) in [6.45, 7) is 3.96. The summed E-state index contributed by atoms with van der Waals surface area (Å²) in [6, 6.07) is 5.72. The molecule has 144 valence electrons. The quantitative estimate of drug-likeness (QED) is 0.637. The van der Waals surface area contributed by atoms with Crippen LogP contribution in [0.3, 0.4) is 0 Å². The molecule has 0 aromatic carbocycles. The molecule has 0 bridgehead atoms. The lowest BCUT2D eigenvalue weighted by Crippen LogP contribution is -2.49. The van der Waals surface area contributed by atoms with Crippen LogP contribution in [0.25, 0.3) is 11.6 Å². The van der Waals surface area contributed by atoms with Gasteiger partial charge in [0, 0.05) is 39.3 Å². The van der Waals surface area contributed by atoms with Crippen molar-refractivity contribution < 1.29 is 13.6 Å². The highest BCUT2D eigenvalue weighted by molar-refractivity contribution is 7.99. The van der Waals surface area contributed by atoms with E-state index < -0.39 is 0 Å². The number of H-pyrrole nitrogens is 1. The summed E-state index contributed by atoms with van der Waals surface area (Å²) >= 11 is 1.22. The maximum absolute atomic E-state index is 12.5. The van der Waals surface area contributed by atoms with Gasteiger partial charge in [0.15, 0.2) is 5.89 Å². The van der Waals surface area contributed by atoms with Gasteiger partial charge in [0.05, 0.1) is 5.75 Å². The van der Waals surface area contributed by atoms with Crippen LogP contribution in [0.4, 0.5) is 5.88 Å². The number of anilines is 1. The van der Waals surface area contributed by atoms with Gasteiger partial charge in [-0.1, -0.05) is 11.8 Å². The van der Waals surface area contributed by atoms with E-state index in [1.54, 1.807) is 18.0 Å². The molecule has 1 fully saturated rings. The van der Waals surface area contributed by atoms with Gasteiger partial charge in [0.1, 0.15) is 11.8 Å². The summed E-state index contributed by atoms with van der Waals surface area (Å²) in [5.41, 5.74) is 1.02. The summed E-state index contributed by atoms with van der Waals surface area (Å²) in [6.07, 6.45) is 1.77. The zero-order valence-corrected chi connectivity index (χ0v) is 15.9. The minimum absolute atomic E-state index is 0.00136. The fourth-order valence-electron chi connectivity index (χ4n) is 2.92. The van der Waals surface area contributed by atoms with E-state index in [1.807, 2.05) is 23.1 Å². The Morgan fingerprint density at radius 1 is 1.32 bits per heavy atom. The van der Waals surface area contributed by atoms with Crippen molar-refractivity contribution >= 4 is 23.6 Å². The van der Waals surface area contributed by atoms with Crippen LogP contribution in [-0.2, 0) is 4.79 Å². The number of hydrogen-bond donors (Lipinski definition) is 1. The first kappa shape index (κ1) is 18.1. The first-order chi connectivity index (χ1) is 13.6. The van der Waals surface area contributed by atoms with Crippen molar-refractivity contribution in [2.75, 3.05) is 36.8 Å². The number of amides is 1. The Hall–Kier alpha value is -3.26. The average molecular weight is 399 g/mol. The number of thioether (sulfide) groups is 1. The average Bonchev–Trinajstić information content (AvgIpc) is 3.46. The van der Waals surface area contributed by atoms with Crippen LogP contribution in [0.5, 0.6) is 0 Å². The topological polar surface area (TPSA) is 128 Å². The summed E-state index contributed by atoms with van der Waals surface area (Å²) < 4.78 is 11.1. The number of rotatable bonds is 5. The Morgan fingerprint density at radius 3 is 2.86 bits per heavy atom. The lowest BCUT2D eigenvalue weighted by molar-refractivity contribution is -0.128. The highest BCUT2D eigenvalue weighted by Crippen LogP contribution is 2.24.